The molecule has 122 valence electrons. The van der Waals surface area contributed by atoms with Gasteiger partial charge in [0.2, 0.25) is 0 Å². The molecule has 1 N–H and O–H groups in total. The predicted octanol–water partition coefficient (Wildman–Crippen LogP) is 5.02. The summed E-state index contributed by atoms with van der Waals surface area (Å²) in [4.78, 5) is 13.4. The van der Waals surface area contributed by atoms with Crippen LogP contribution in [0.15, 0.2) is 48.5 Å². The fourth-order valence-electron chi connectivity index (χ4n) is 1.92. The quantitative estimate of drug-likeness (QED) is 0.834. The van der Waals surface area contributed by atoms with Crippen molar-refractivity contribution in [3.63, 3.8) is 0 Å². The van der Waals surface area contributed by atoms with E-state index in [2.05, 4.69) is 5.32 Å². The Hall–Kier alpha value is -2.21. The lowest BCUT2D eigenvalue weighted by Crippen LogP contribution is -2.30. The third kappa shape index (κ3) is 4.63. The van der Waals surface area contributed by atoms with Crippen LogP contribution in [-0.4, -0.2) is 18.0 Å². The van der Waals surface area contributed by atoms with Crippen molar-refractivity contribution in [3.05, 3.63) is 64.7 Å². The van der Waals surface area contributed by atoms with Gasteiger partial charge in [-0.25, -0.2) is 4.79 Å². The monoisotopic (exact) mass is 342 g/mol. The number of anilines is 1. The lowest BCUT2D eigenvalue weighted by molar-refractivity contribution is -0.137. The van der Waals surface area contributed by atoms with Crippen molar-refractivity contribution < 1.29 is 18.0 Å². The van der Waals surface area contributed by atoms with Gasteiger partial charge in [-0.2, -0.15) is 13.2 Å². The molecule has 7 heteroatoms. The van der Waals surface area contributed by atoms with Crippen molar-refractivity contribution in [2.75, 3.05) is 12.4 Å². The van der Waals surface area contributed by atoms with Crippen LogP contribution >= 0.6 is 11.6 Å². The van der Waals surface area contributed by atoms with E-state index in [4.69, 9.17) is 11.6 Å². The molecule has 0 aliphatic heterocycles. The van der Waals surface area contributed by atoms with E-state index < -0.39 is 17.8 Å². The summed E-state index contributed by atoms with van der Waals surface area (Å²) in [6.45, 7) is 0.175. The first-order valence-corrected chi connectivity index (χ1v) is 7.08. The van der Waals surface area contributed by atoms with Gasteiger partial charge >= 0.3 is 12.2 Å². The average Bonchev–Trinajstić information content (AvgIpc) is 2.49. The number of hydrogen-bond donors (Lipinski definition) is 1. The smallest absolute Gasteiger partial charge is 0.323 e. The van der Waals surface area contributed by atoms with Crippen molar-refractivity contribution >= 4 is 23.3 Å². The van der Waals surface area contributed by atoms with E-state index >= 15 is 0 Å². The lowest BCUT2D eigenvalue weighted by Gasteiger charge is -2.19. The van der Waals surface area contributed by atoms with Crippen molar-refractivity contribution in [1.82, 2.24) is 4.90 Å². The minimum Gasteiger partial charge on any atom is -0.323 e. The van der Waals surface area contributed by atoms with Gasteiger partial charge in [0.15, 0.2) is 0 Å². The van der Waals surface area contributed by atoms with Crippen LogP contribution in [-0.2, 0) is 12.7 Å². The number of amides is 2. The second kappa shape index (κ2) is 6.91. The number of nitrogens with zero attached hydrogens (tertiary/aromatic N) is 1. The van der Waals surface area contributed by atoms with Crippen molar-refractivity contribution in [3.8, 4) is 0 Å². The number of urea groups is 1. The third-order valence-electron chi connectivity index (χ3n) is 3.16. The molecule has 0 aliphatic rings. The highest BCUT2D eigenvalue weighted by Gasteiger charge is 2.29. The maximum absolute atomic E-state index is 12.5. The summed E-state index contributed by atoms with van der Waals surface area (Å²) >= 11 is 5.95. The zero-order chi connectivity index (χ0) is 17.0. The molecular formula is C16H14ClF3N2O. The Morgan fingerprint density at radius 3 is 2.30 bits per heavy atom. The zero-order valence-corrected chi connectivity index (χ0v) is 12.9. The normalized spacial score (nSPS) is 11.2. The average molecular weight is 343 g/mol. The van der Waals surface area contributed by atoms with Crippen LogP contribution in [0.2, 0.25) is 5.02 Å². The van der Waals surface area contributed by atoms with Gasteiger partial charge in [0.05, 0.1) is 16.3 Å². The molecule has 0 aliphatic carbocycles. The number of rotatable bonds is 3. The number of hydrogen-bond acceptors (Lipinski definition) is 1. The fraction of sp³-hybridized carbons (Fsp3) is 0.188. The first kappa shape index (κ1) is 17.1. The van der Waals surface area contributed by atoms with Crippen LogP contribution in [0.5, 0.6) is 0 Å². The highest BCUT2D eigenvalue weighted by atomic mass is 35.5. The SMILES string of the molecule is CN(Cc1ccc(C(F)(F)F)cc1)C(=O)Nc1ccccc1Cl. The topological polar surface area (TPSA) is 32.3 Å². The van der Waals surface area contributed by atoms with E-state index in [1.807, 2.05) is 0 Å². The molecule has 2 aromatic rings. The molecule has 0 heterocycles. The van der Waals surface area contributed by atoms with E-state index in [0.717, 1.165) is 12.1 Å². The van der Waals surface area contributed by atoms with Gasteiger partial charge in [-0.3, -0.25) is 0 Å². The number of halogens is 4. The Morgan fingerprint density at radius 2 is 1.74 bits per heavy atom. The van der Waals surface area contributed by atoms with Gasteiger partial charge in [-0.05, 0) is 29.8 Å². The molecule has 0 fully saturated rings. The lowest BCUT2D eigenvalue weighted by atomic mass is 10.1. The van der Waals surface area contributed by atoms with Crippen LogP contribution < -0.4 is 5.32 Å². The molecular weight excluding hydrogens is 329 g/mol. The molecule has 23 heavy (non-hydrogen) atoms. The van der Waals surface area contributed by atoms with Crippen LogP contribution in [0.1, 0.15) is 11.1 Å². The molecule has 2 aromatic carbocycles. The summed E-state index contributed by atoms with van der Waals surface area (Å²) < 4.78 is 37.5. The van der Waals surface area contributed by atoms with E-state index in [1.54, 1.807) is 31.3 Å². The Bertz CT molecular complexity index is 686. The van der Waals surface area contributed by atoms with E-state index in [9.17, 15) is 18.0 Å². The molecule has 0 spiro atoms. The second-order valence-electron chi connectivity index (χ2n) is 4.96. The molecule has 2 amide bonds. The summed E-state index contributed by atoms with van der Waals surface area (Å²) in [5.74, 6) is 0. The number of carbonyl (C=O) groups is 1. The number of benzene rings is 2. The Labute approximate surface area is 136 Å². The van der Waals surface area contributed by atoms with Gasteiger partial charge in [-0.1, -0.05) is 35.9 Å². The number of para-hydroxylation sites is 1. The van der Waals surface area contributed by atoms with Crippen LogP contribution in [0, 0.1) is 0 Å². The molecule has 3 nitrogen and oxygen atoms in total. The van der Waals surface area contributed by atoms with Crippen molar-refractivity contribution in [2.45, 2.75) is 12.7 Å². The van der Waals surface area contributed by atoms with Crippen LogP contribution in [0.25, 0.3) is 0 Å². The molecule has 0 aromatic heterocycles. The predicted molar refractivity (Wildman–Crippen MR) is 83.4 cm³/mol. The number of carbonyl (C=O) groups excluding carboxylic acids is 1. The standard InChI is InChI=1S/C16H14ClF3N2O/c1-22(15(23)21-14-5-3-2-4-13(14)17)10-11-6-8-12(9-7-11)16(18,19)20/h2-9H,10H2,1H3,(H,21,23). The van der Waals surface area contributed by atoms with Gasteiger partial charge in [0.25, 0.3) is 0 Å². The van der Waals surface area contributed by atoms with E-state index in [-0.39, 0.29) is 6.54 Å². The van der Waals surface area contributed by atoms with Crippen LogP contribution in [0.4, 0.5) is 23.7 Å². The minimum absolute atomic E-state index is 0.175. The summed E-state index contributed by atoms with van der Waals surface area (Å²) in [6, 6.07) is 11.1. The number of nitrogens with one attached hydrogen (secondary N) is 1. The molecule has 0 saturated carbocycles. The summed E-state index contributed by atoms with van der Waals surface area (Å²) in [5.41, 5.74) is 0.345. The Balaban J connectivity index is 2.00. The van der Waals surface area contributed by atoms with Gasteiger partial charge < -0.3 is 10.2 Å². The Morgan fingerprint density at radius 1 is 1.13 bits per heavy atom. The van der Waals surface area contributed by atoms with Gasteiger partial charge in [0.1, 0.15) is 0 Å². The largest absolute Gasteiger partial charge is 0.416 e. The number of alkyl halides is 3. The molecule has 2 rings (SSSR count). The highest BCUT2D eigenvalue weighted by molar-refractivity contribution is 6.33. The summed E-state index contributed by atoms with van der Waals surface area (Å²) in [7, 11) is 1.55. The first-order chi connectivity index (χ1) is 10.8. The zero-order valence-electron chi connectivity index (χ0n) is 12.2. The first-order valence-electron chi connectivity index (χ1n) is 6.70. The molecule has 0 atom stereocenters. The van der Waals surface area contributed by atoms with Gasteiger partial charge in [0, 0.05) is 13.6 Å². The fourth-order valence-corrected chi connectivity index (χ4v) is 2.10. The van der Waals surface area contributed by atoms with E-state index in [0.29, 0.717) is 16.3 Å². The van der Waals surface area contributed by atoms with Gasteiger partial charge in [-0.15, -0.1) is 0 Å². The Kier molecular flexibility index (Phi) is 5.15. The molecule has 0 bridgehead atoms. The second-order valence-corrected chi connectivity index (χ2v) is 5.37. The maximum atomic E-state index is 12.5. The highest BCUT2D eigenvalue weighted by Crippen LogP contribution is 2.29. The minimum atomic E-state index is -4.37. The summed E-state index contributed by atoms with van der Waals surface area (Å²) in [6.07, 6.45) is -4.37. The summed E-state index contributed by atoms with van der Waals surface area (Å²) in [5, 5.41) is 3.05. The molecule has 0 radical (unpaired) electrons. The van der Waals surface area contributed by atoms with Crippen molar-refractivity contribution in [1.29, 1.82) is 0 Å². The molecule has 0 unspecified atom stereocenters. The van der Waals surface area contributed by atoms with Crippen LogP contribution in [0.3, 0.4) is 0 Å². The van der Waals surface area contributed by atoms with Crippen molar-refractivity contribution in [2.24, 2.45) is 0 Å². The molecule has 0 saturated heterocycles. The van der Waals surface area contributed by atoms with E-state index in [1.165, 1.54) is 17.0 Å². The maximum Gasteiger partial charge on any atom is 0.416 e. The third-order valence-corrected chi connectivity index (χ3v) is 3.49.